The summed E-state index contributed by atoms with van der Waals surface area (Å²) in [7, 11) is 0. The van der Waals surface area contributed by atoms with Gasteiger partial charge in [-0.25, -0.2) is 0 Å². The summed E-state index contributed by atoms with van der Waals surface area (Å²) in [6, 6.07) is 9.60. The van der Waals surface area contributed by atoms with E-state index in [1.807, 2.05) is 20.8 Å². The molecule has 0 bridgehead atoms. The smallest absolute Gasteiger partial charge is 0.255 e. The molecule has 4 N–H and O–H groups in total. The quantitative estimate of drug-likeness (QED) is 0.601. The van der Waals surface area contributed by atoms with Crippen LogP contribution in [0.1, 0.15) is 50.5 Å². The molecule has 0 aromatic heterocycles. The number of aromatic hydroxyl groups is 1. The number of phenolic OH excluding ortho intramolecular Hbond substituents is 1. The van der Waals surface area contributed by atoms with Gasteiger partial charge in [0, 0.05) is 30.8 Å². The van der Waals surface area contributed by atoms with Crippen LogP contribution in [0.2, 0.25) is 0 Å². The molecule has 7 heteroatoms. The predicted molar refractivity (Wildman–Crippen MR) is 110 cm³/mol. The molecular formula is C21H25N3O4. The molecule has 0 aliphatic carbocycles. The van der Waals surface area contributed by atoms with E-state index in [-0.39, 0.29) is 34.2 Å². The van der Waals surface area contributed by atoms with Crippen molar-refractivity contribution in [1.82, 2.24) is 0 Å². The molecule has 0 unspecified atom stereocenters. The van der Waals surface area contributed by atoms with E-state index in [1.165, 1.54) is 32.0 Å². The van der Waals surface area contributed by atoms with Crippen molar-refractivity contribution in [1.29, 1.82) is 0 Å². The number of phenols is 1. The zero-order chi connectivity index (χ0) is 21.1. The monoisotopic (exact) mass is 383 g/mol. The lowest BCUT2D eigenvalue weighted by molar-refractivity contribution is -0.115. The Morgan fingerprint density at radius 3 is 1.82 bits per heavy atom. The molecule has 0 saturated carbocycles. The van der Waals surface area contributed by atoms with Gasteiger partial charge in [0.25, 0.3) is 5.91 Å². The maximum Gasteiger partial charge on any atom is 0.255 e. The van der Waals surface area contributed by atoms with Crippen molar-refractivity contribution in [2.45, 2.75) is 40.0 Å². The average Bonchev–Trinajstić information content (AvgIpc) is 2.54. The van der Waals surface area contributed by atoms with Gasteiger partial charge < -0.3 is 21.1 Å². The fraction of sp³-hybridized carbons (Fsp3) is 0.286. The highest BCUT2D eigenvalue weighted by molar-refractivity contribution is 6.07. The van der Waals surface area contributed by atoms with E-state index in [0.29, 0.717) is 11.4 Å². The van der Waals surface area contributed by atoms with E-state index < -0.39 is 5.91 Å². The first-order valence-corrected chi connectivity index (χ1v) is 8.81. The number of anilines is 3. The van der Waals surface area contributed by atoms with Crippen LogP contribution >= 0.6 is 0 Å². The minimum absolute atomic E-state index is 0.0542. The van der Waals surface area contributed by atoms with Gasteiger partial charge in [0.1, 0.15) is 5.75 Å². The Hall–Kier alpha value is -3.35. The number of nitrogens with one attached hydrogen (secondary N) is 3. The van der Waals surface area contributed by atoms with Gasteiger partial charge in [-0.2, -0.15) is 0 Å². The van der Waals surface area contributed by atoms with Gasteiger partial charge in [0.2, 0.25) is 11.8 Å². The first-order chi connectivity index (χ1) is 13.0. The Bertz CT molecular complexity index is 895. The Morgan fingerprint density at radius 1 is 0.821 bits per heavy atom. The van der Waals surface area contributed by atoms with E-state index in [2.05, 4.69) is 16.0 Å². The van der Waals surface area contributed by atoms with E-state index in [1.54, 1.807) is 18.2 Å². The summed E-state index contributed by atoms with van der Waals surface area (Å²) < 4.78 is 0. The van der Waals surface area contributed by atoms with Crippen LogP contribution in [0.3, 0.4) is 0 Å². The second-order valence-corrected chi connectivity index (χ2v) is 7.60. The fourth-order valence-corrected chi connectivity index (χ4v) is 2.61. The number of carbonyl (C=O) groups is 3. The Kier molecular flexibility index (Phi) is 6.08. The van der Waals surface area contributed by atoms with Crippen LogP contribution in [0, 0.1) is 0 Å². The standard InChI is InChI=1S/C21H25N3O4/c1-12(25)22-16-8-14(9-17(11-16)23-13(2)26)20(28)24-18-10-15(21(3,4)5)6-7-19(18)27/h6-11,27H,1-5H3,(H,22,25)(H,23,26)(H,24,28). The molecule has 0 spiro atoms. The molecule has 2 aromatic rings. The van der Waals surface area contributed by atoms with Crippen LogP contribution in [0.5, 0.6) is 5.75 Å². The highest BCUT2D eigenvalue weighted by atomic mass is 16.3. The summed E-state index contributed by atoms with van der Waals surface area (Å²) in [5.74, 6) is -1.15. The van der Waals surface area contributed by atoms with Gasteiger partial charge >= 0.3 is 0 Å². The van der Waals surface area contributed by atoms with E-state index in [4.69, 9.17) is 0 Å². The average molecular weight is 383 g/mol. The fourth-order valence-electron chi connectivity index (χ4n) is 2.61. The van der Waals surface area contributed by atoms with Crippen LogP contribution < -0.4 is 16.0 Å². The summed E-state index contributed by atoms with van der Waals surface area (Å²) in [4.78, 5) is 35.5. The highest BCUT2D eigenvalue weighted by Crippen LogP contribution is 2.31. The van der Waals surface area contributed by atoms with Gasteiger partial charge in [0.15, 0.2) is 0 Å². The van der Waals surface area contributed by atoms with Gasteiger partial charge in [-0.05, 0) is 41.3 Å². The Morgan fingerprint density at radius 2 is 1.36 bits per heavy atom. The van der Waals surface area contributed by atoms with Gasteiger partial charge in [-0.1, -0.05) is 26.8 Å². The first-order valence-electron chi connectivity index (χ1n) is 8.81. The lowest BCUT2D eigenvalue weighted by Crippen LogP contribution is -2.16. The summed E-state index contributed by atoms with van der Waals surface area (Å²) in [5, 5.41) is 18.0. The normalized spacial score (nSPS) is 10.9. The largest absolute Gasteiger partial charge is 0.506 e. The number of benzene rings is 2. The third-order valence-corrected chi connectivity index (χ3v) is 3.95. The minimum atomic E-state index is -0.486. The van der Waals surface area contributed by atoms with Crippen molar-refractivity contribution in [2.24, 2.45) is 0 Å². The van der Waals surface area contributed by atoms with Gasteiger partial charge in [-0.3, -0.25) is 14.4 Å². The molecule has 2 aromatic carbocycles. The van der Waals surface area contributed by atoms with E-state index in [0.717, 1.165) is 5.56 Å². The van der Waals surface area contributed by atoms with Crippen LogP contribution in [0.15, 0.2) is 36.4 Å². The summed E-state index contributed by atoms with van der Waals surface area (Å²) in [6.45, 7) is 8.78. The number of hydrogen-bond acceptors (Lipinski definition) is 4. The molecule has 7 nitrogen and oxygen atoms in total. The molecule has 0 aliphatic heterocycles. The van der Waals surface area contributed by atoms with Crippen molar-refractivity contribution in [3.8, 4) is 5.75 Å². The van der Waals surface area contributed by atoms with Gasteiger partial charge in [-0.15, -0.1) is 0 Å². The third-order valence-electron chi connectivity index (χ3n) is 3.95. The topological polar surface area (TPSA) is 108 Å². The second-order valence-electron chi connectivity index (χ2n) is 7.60. The van der Waals surface area contributed by atoms with Gasteiger partial charge in [0.05, 0.1) is 5.69 Å². The first kappa shape index (κ1) is 21.0. The Balaban J connectivity index is 2.38. The maximum atomic E-state index is 12.8. The number of carbonyl (C=O) groups excluding carboxylic acids is 3. The molecule has 0 atom stereocenters. The number of hydrogen-bond donors (Lipinski definition) is 4. The molecule has 0 aliphatic rings. The van der Waals surface area contributed by atoms with Crippen molar-refractivity contribution in [3.63, 3.8) is 0 Å². The van der Waals surface area contributed by atoms with E-state index in [9.17, 15) is 19.5 Å². The predicted octanol–water partition coefficient (Wildman–Crippen LogP) is 3.86. The highest BCUT2D eigenvalue weighted by Gasteiger charge is 2.17. The zero-order valence-corrected chi connectivity index (χ0v) is 16.6. The molecule has 148 valence electrons. The molecule has 2 rings (SSSR count). The molecule has 0 fully saturated rings. The second kappa shape index (κ2) is 8.12. The third kappa shape index (κ3) is 5.57. The van der Waals surface area contributed by atoms with Crippen LogP contribution in [-0.2, 0) is 15.0 Å². The van der Waals surface area contributed by atoms with Crippen LogP contribution in [0.4, 0.5) is 17.1 Å². The van der Waals surface area contributed by atoms with E-state index >= 15 is 0 Å². The van der Waals surface area contributed by atoms with Crippen molar-refractivity contribution < 1.29 is 19.5 Å². The number of rotatable bonds is 4. The minimum Gasteiger partial charge on any atom is -0.506 e. The molecule has 0 heterocycles. The van der Waals surface area contributed by atoms with Crippen molar-refractivity contribution in [3.05, 3.63) is 47.5 Å². The zero-order valence-electron chi connectivity index (χ0n) is 16.6. The van der Waals surface area contributed by atoms with Crippen LogP contribution in [-0.4, -0.2) is 22.8 Å². The molecule has 3 amide bonds. The number of amides is 3. The SMILES string of the molecule is CC(=O)Nc1cc(NC(C)=O)cc(C(=O)Nc2cc(C(C)(C)C)ccc2O)c1. The molecule has 28 heavy (non-hydrogen) atoms. The Labute approximate surface area is 164 Å². The molecule has 0 saturated heterocycles. The maximum absolute atomic E-state index is 12.8. The molecular weight excluding hydrogens is 358 g/mol. The summed E-state index contributed by atoms with van der Waals surface area (Å²) >= 11 is 0. The summed E-state index contributed by atoms with van der Waals surface area (Å²) in [5.41, 5.74) is 2.04. The van der Waals surface area contributed by atoms with Crippen molar-refractivity contribution >= 4 is 34.8 Å². The molecule has 0 radical (unpaired) electrons. The lowest BCUT2D eigenvalue weighted by Gasteiger charge is -2.20. The lowest BCUT2D eigenvalue weighted by atomic mass is 9.87. The van der Waals surface area contributed by atoms with Crippen LogP contribution in [0.25, 0.3) is 0 Å². The van der Waals surface area contributed by atoms with Crippen molar-refractivity contribution in [2.75, 3.05) is 16.0 Å². The summed E-state index contributed by atoms with van der Waals surface area (Å²) in [6.07, 6.45) is 0.